The van der Waals surface area contributed by atoms with Gasteiger partial charge in [-0.05, 0) is 30.2 Å². The quantitative estimate of drug-likeness (QED) is 0.719. The van der Waals surface area contributed by atoms with Crippen LogP contribution in [0.1, 0.15) is 21.5 Å². The average Bonchev–Trinajstić information content (AvgIpc) is 3.00. The van der Waals surface area contributed by atoms with Crippen LogP contribution in [0.5, 0.6) is 0 Å². The van der Waals surface area contributed by atoms with E-state index in [0.717, 1.165) is 10.0 Å². The number of aromatic amines is 1. The molecule has 1 aromatic heterocycles. The van der Waals surface area contributed by atoms with E-state index in [4.69, 9.17) is 0 Å². The van der Waals surface area contributed by atoms with Gasteiger partial charge in [-0.25, -0.2) is 4.79 Å². The number of rotatable bonds is 4. The second kappa shape index (κ2) is 6.84. The standard InChI is InChI=1S/C17H14BrN3O3/c1-10-12(15-20-17(23)24-21-15)6-4-7-13(10)16(22)19-9-11-5-2-3-8-14(11)18/h2-8H,9H2,1H3,(H,19,22)(H,20,21,23). The van der Waals surface area contributed by atoms with Crippen molar-refractivity contribution >= 4 is 21.8 Å². The van der Waals surface area contributed by atoms with Crippen molar-refractivity contribution in [1.82, 2.24) is 15.5 Å². The van der Waals surface area contributed by atoms with Crippen molar-refractivity contribution in [3.8, 4) is 11.4 Å². The first-order valence-electron chi connectivity index (χ1n) is 7.24. The summed E-state index contributed by atoms with van der Waals surface area (Å²) in [5.41, 5.74) is 2.87. The molecule has 0 saturated heterocycles. The molecular weight excluding hydrogens is 374 g/mol. The maximum atomic E-state index is 12.5. The van der Waals surface area contributed by atoms with Crippen LogP contribution in [0.3, 0.4) is 0 Å². The van der Waals surface area contributed by atoms with Crippen molar-refractivity contribution in [3.63, 3.8) is 0 Å². The van der Waals surface area contributed by atoms with Crippen LogP contribution in [0.2, 0.25) is 0 Å². The van der Waals surface area contributed by atoms with Gasteiger partial charge >= 0.3 is 5.76 Å². The lowest BCUT2D eigenvalue weighted by molar-refractivity contribution is 0.0950. The molecule has 0 radical (unpaired) electrons. The molecule has 2 N–H and O–H groups in total. The molecular formula is C17H14BrN3O3. The number of aromatic nitrogens is 2. The van der Waals surface area contributed by atoms with Gasteiger partial charge in [0, 0.05) is 22.1 Å². The highest BCUT2D eigenvalue weighted by Gasteiger charge is 2.15. The SMILES string of the molecule is Cc1c(C(=O)NCc2ccccc2Br)cccc1-c1noc(=O)[nH]1. The molecule has 122 valence electrons. The molecule has 0 fully saturated rings. The summed E-state index contributed by atoms with van der Waals surface area (Å²) in [5.74, 6) is -0.526. The first-order valence-corrected chi connectivity index (χ1v) is 8.03. The normalized spacial score (nSPS) is 10.6. The maximum Gasteiger partial charge on any atom is 0.439 e. The molecule has 0 atom stereocenters. The van der Waals surface area contributed by atoms with Crippen LogP contribution >= 0.6 is 15.9 Å². The van der Waals surface area contributed by atoms with Crippen molar-refractivity contribution in [1.29, 1.82) is 0 Å². The number of nitrogens with zero attached hydrogens (tertiary/aromatic N) is 1. The van der Waals surface area contributed by atoms with Crippen LogP contribution in [-0.2, 0) is 6.54 Å². The number of benzene rings is 2. The Morgan fingerprint density at radius 1 is 1.25 bits per heavy atom. The highest BCUT2D eigenvalue weighted by molar-refractivity contribution is 9.10. The van der Waals surface area contributed by atoms with Crippen molar-refractivity contribution in [2.75, 3.05) is 0 Å². The number of hydrogen-bond acceptors (Lipinski definition) is 4. The first kappa shape index (κ1) is 16.2. The fourth-order valence-corrected chi connectivity index (χ4v) is 2.82. The number of nitrogens with one attached hydrogen (secondary N) is 2. The van der Waals surface area contributed by atoms with Gasteiger partial charge in [0.15, 0.2) is 5.82 Å². The summed E-state index contributed by atoms with van der Waals surface area (Å²) >= 11 is 3.46. The zero-order valence-corrected chi connectivity index (χ0v) is 14.4. The zero-order chi connectivity index (χ0) is 17.1. The molecule has 7 heteroatoms. The van der Waals surface area contributed by atoms with Gasteiger partial charge in [0.05, 0.1) is 0 Å². The van der Waals surface area contributed by atoms with E-state index in [-0.39, 0.29) is 5.91 Å². The second-order valence-electron chi connectivity index (χ2n) is 5.20. The van der Waals surface area contributed by atoms with E-state index in [1.165, 1.54) is 0 Å². The van der Waals surface area contributed by atoms with Crippen LogP contribution in [0.4, 0.5) is 0 Å². The molecule has 0 unspecified atom stereocenters. The Balaban J connectivity index is 1.83. The average molecular weight is 388 g/mol. The Bertz CT molecular complexity index is 946. The Labute approximate surface area is 146 Å². The number of H-pyrrole nitrogens is 1. The van der Waals surface area contributed by atoms with Crippen LogP contribution < -0.4 is 11.1 Å². The van der Waals surface area contributed by atoms with Gasteiger partial charge in [0.2, 0.25) is 0 Å². The van der Waals surface area contributed by atoms with Crippen molar-refractivity contribution in [2.45, 2.75) is 13.5 Å². The summed E-state index contributed by atoms with van der Waals surface area (Å²) in [6, 6.07) is 12.9. The van der Waals surface area contributed by atoms with E-state index in [0.29, 0.717) is 29.1 Å². The zero-order valence-electron chi connectivity index (χ0n) is 12.8. The Hall–Kier alpha value is -2.67. The summed E-state index contributed by atoms with van der Waals surface area (Å²) in [5, 5.41) is 6.57. The van der Waals surface area contributed by atoms with E-state index in [2.05, 4.69) is 35.9 Å². The molecule has 0 aliphatic carbocycles. The largest absolute Gasteiger partial charge is 0.439 e. The molecule has 1 heterocycles. The van der Waals surface area contributed by atoms with E-state index in [1.54, 1.807) is 25.1 Å². The minimum Gasteiger partial charge on any atom is -0.348 e. The highest BCUT2D eigenvalue weighted by atomic mass is 79.9. The molecule has 1 amide bonds. The minimum atomic E-state index is -0.631. The van der Waals surface area contributed by atoms with Gasteiger partial charge in [0.25, 0.3) is 5.91 Å². The van der Waals surface area contributed by atoms with Crippen LogP contribution in [0.15, 0.2) is 56.3 Å². The fraction of sp³-hybridized carbons (Fsp3) is 0.118. The van der Waals surface area contributed by atoms with E-state index in [9.17, 15) is 9.59 Å². The molecule has 0 bridgehead atoms. The molecule has 3 aromatic rings. The topological polar surface area (TPSA) is 88.0 Å². The number of carbonyl (C=O) groups is 1. The number of hydrogen-bond donors (Lipinski definition) is 2. The third-order valence-corrected chi connectivity index (χ3v) is 4.44. The third-order valence-electron chi connectivity index (χ3n) is 3.67. The minimum absolute atomic E-state index is 0.198. The maximum absolute atomic E-state index is 12.5. The third kappa shape index (κ3) is 3.30. The smallest absolute Gasteiger partial charge is 0.348 e. The molecule has 0 aliphatic rings. The number of halogens is 1. The highest BCUT2D eigenvalue weighted by Crippen LogP contribution is 2.22. The van der Waals surface area contributed by atoms with Gasteiger partial charge in [-0.2, -0.15) is 0 Å². The summed E-state index contributed by atoms with van der Waals surface area (Å²) < 4.78 is 5.47. The lowest BCUT2D eigenvalue weighted by Crippen LogP contribution is -2.24. The molecule has 6 nitrogen and oxygen atoms in total. The summed E-state index contributed by atoms with van der Waals surface area (Å²) in [7, 11) is 0. The van der Waals surface area contributed by atoms with Gasteiger partial charge in [-0.15, -0.1) is 0 Å². The van der Waals surface area contributed by atoms with Crippen LogP contribution in [0.25, 0.3) is 11.4 Å². The number of amides is 1. The lowest BCUT2D eigenvalue weighted by Gasteiger charge is -2.11. The van der Waals surface area contributed by atoms with Crippen molar-refractivity contribution in [2.24, 2.45) is 0 Å². The fourth-order valence-electron chi connectivity index (χ4n) is 2.40. The van der Waals surface area contributed by atoms with Crippen molar-refractivity contribution < 1.29 is 9.32 Å². The second-order valence-corrected chi connectivity index (χ2v) is 6.05. The van der Waals surface area contributed by atoms with E-state index >= 15 is 0 Å². The predicted molar refractivity (Wildman–Crippen MR) is 92.6 cm³/mol. The van der Waals surface area contributed by atoms with Gasteiger partial charge in [-0.3, -0.25) is 14.3 Å². The molecule has 3 rings (SSSR count). The predicted octanol–water partition coefficient (Wildman–Crippen LogP) is 3.03. The Morgan fingerprint density at radius 3 is 2.75 bits per heavy atom. The summed E-state index contributed by atoms with van der Waals surface area (Å²) in [6.07, 6.45) is 0. The van der Waals surface area contributed by atoms with Gasteiger partial charge in [-0.1, -0.05) is 51.4 Å². The van der Waals surface area contributed by atoms with Gasteiger partial charge < -0.3 is 5.32 Å². The van der Waals surface area contributed by atoms with Crippen LogP contribution in [-0.4, -0.2) is 16.0 Å². The lowest BCUT2D eigenvalue weighted by atomic mass is 10.0. The molecule has 2 aromatic carbocycles. The number of carbonyl (C=O) groups excluding carboxylic acids is 1. The van der Waals surface area contributed by atoms with Crippen LogP contribution in [0, 0.1) is 6.92 Å². The molecule has 24 heavy (non-hydrogen) atoms. The summed E-state index contributed by atoms with van der Waals surface area (Å²) in [4.78, 5) is 26.1. The molecule has 0 saturated carbocycles. The molecule has 0 aliphatic heterocycles. The van der Waals surface area contributed by atoms with E-state index < -0.39 is 5.76 Å². The van der Waals surface area contributed by atoms with Gasteiger partial charge in [0.1, 0.15) is 0 Å². The Kier molecular flexibility index (Phi) is 4.61. The monoisotopic (exact) mass is 387 g/mol. The molecule has 0 spiro atoms. The van der Waals surface area contributed by atoms with E-state index in [1.807, 2.05) is 24.3 Å². The summed E-state index contributed by atoms with van der Waals surface area (Å²) in [6.45, 7) is 2.21. The Morgan fingerprint density at radius 2 is 2.04 bits per heavy atom. The van der Waals surface area contributed by atoms with Crippen molar-refractivity contribution in [3.05, 3.63) is 74.2 Å². The first-order chi connectivity index (χ1) is 11.6.